The number of aliphatic hydroxyl groups excluding tert-OH is 2. The van der Waals surface area contributed by atoms with Crippen LogP contribution < -0.4 is 0 Å². The number of hydrogen-bond donors (Lipinski definition) is 4. The molecule has 0 aromatic heterocycles. The largest absolute Gasteiger partial charge is 0.458 e. The molecule has 11 heteroatoms. The third-order valence-electron chi connectivity index (χ3n) is 12.6. The second kappa shape index (κ2) is 9.04. The molecule has 41 heavy (non-hydrogen) atoms. The number of rotatable bonds is 2. The first kappa shape index (κ1) is 28.3. The van der Waals surface area contributed by atoms with E-state index in [1.54, 1.807) is 13.8 Å². The Morgan fingerprint density at radius 3 is 2.49 bits per heavy atom. The van der Waals surface area contributed by atoms with Gasteiger partial charge in [-0.05, 0) is 74.2 Å². The van der Waals surface area contributed by atoms with E-state index < -0.39 is 77.0 Å². The molecule has 15 atom stereocenters. The number of methoxy groups -OCH3 is 1. The van der Waals surface area contributed by atoms with Crippen molar-refractivity contribution in [1.29, 1.82) is 0 Å². The molecule has 4 saturated carbocycles. The number of fused-ring (bicyclic) bond motifs is 7. The quantitative estimate of drug-likeness (QED) is 0.268. The Morgan fingerprint density at radius 1 is 1.05 bits per heavy atom. The first-order chi connectivity index (χ1) is 19.3. The molecule has 7 aliphatic rings. The summed E-state index contributed by atoms with van der Waals surface area (Å²) in [5.74, 6) is -4.03. The van der Waals surface area contributed by atoms with Gasteiger partial charge >= 0.3 is 5.97 Å². The minimum absolute atomic E-state index is 0.0643. The Kier molecular flexibility index (Phi) is 6.25. The zero-order valence-electron chi connectivity index (χ0n) is 24.0. The third kappa shape index (κ3) is 3.49. The van der Waals surface area contributed by atoms with Crippen molar-refractivity contribution in [1.82, 2.24) is 0 Å². The monoisotopic (exact) mass is 578 g/mol. The van der Waals surface area contributed by atoms with Crippen molar-refractivity contribution in [3.63, 3.8) is 0 Å². The Morgan fingerprint density at radius 2 is 1.80 bits per heavy atom. The lowest BCUT2D eigenvalue weighted by atomic mass is 9.42. The summed E-state index contributed by atoms with van der Waals surface area (Å²) in [6.07, 6.45) is -1.67. The summed E-state index contributed by atoms with van der Waals surface area (Å²) in [5, 5.41) is 46.5. The van der Waals surface area contributed by atoms with Gasteiger partial charge in [-0.25, -0.2) is 4.79 Å². The fourth-order valence-electron chi connectivity index (χ4n) is 10.4. The second-order valence-electron chi connectivity index (χ2n) is 14.1. The highest BCUT2D eigenvalue weighted by atomic mass is 16.8. The molecule has 228 valence electrons. The van der Waals surface area contributed by atoms with Gasteiger partial charge in [0.1, 0.15) is 24.9 Å². The van der Waals surface area contributed by atoms with Crippen LogP contribution in [0.3, 0.4) is 0 Å². The Bertz CT molecular complexity index is 1170. The predicted octanol–water partition coefficient (Wildman–Crippen LogP) is 0.596. The van der Waals surface area contributed by atoms with Crippen molar-refractivity contribution >= 4 is 11.8 Å². The molecule has 3 heterocycles. The van der Waals surface area contributed by atoms with Crippen molar-refractivity contribution in [2.45, 2.75) is 114 Å². The van der Waals surface area contributed by atoms with Gasteiger partial charge in [-0.2, -0.15) is 0 Å². The molecule has 0 unspecified atom stereocenters. The molecule has 0 aromatic carbocycles. The van der Waals surface area contributed by atoms with Crippen molar-refractivity contribution in [3.8, 4) is 0 Å². The van der Waals surface area contributed by atoms with E-state index in [1.165, 1.54) is 13.2 Å². The maximum absolute atomic E-state index is 14.3. The van der Waals surface area contributed by atoms with Crippen LogP contribution in [-0.4, -0.2) is 100 Å². The molecule has 3 aliphatic heterocycles. The SMILES string of the molecule is CO[C@@H]1[C@@H](O)[C@@H](C)O[C@H]2O[C@@H]3C[C@H]4CC[C@@H]5[C@H](C(=O)[C@@H](O)[C@]6(C)[C@@H](C7=CC(=O)OC7)CC[C@]56O)[C@@]4(C)C[C@H]3O[C@]21O. The molecule has 0 spiro atoms. The van der Waals surface area contributed by atoms with Crippen LogP contribution in [0.5, 0.6) is 0 Å². The molecule has 6 fully saturated rings. The summed E-state index contributed by atoms with van der Waals surface area (Å²) in [6, 6.07) is 0. The minimum Gasteiger partial charge on any atom is -0.458 e. The topological polar surface area (TPSA) is 161 Å². The summed E-state index contributed by atoms with van der Waals surface area (Å²) in [4.78, 5) is 26.2. The van der Waals surface area contributed by atoms with Crippen LogP contribution in [0.1, 0.15) is 59.3 Å². The fourth-order valence-corrected chi connectivity index (χ4v) is 10.4. The van der Waals surface area contributed by atoms with Crippen LogP contribution in [0.15, 0.2) is 11.6 Å². The van der Waals surface area contributed by atoms with Gasteiger partial charge in [-0.1, -0.05) is 13.8 Å². The number of cyclic esters (lactones) is 1. The number of carbonyl (C=O) groups is 2. The van der Waals surface area contributed by atoms with E-state index in [2.05, 4.69) is 0 Å². The smallest absolute Gasteiger partial charge is 0.331 e. The van der Waals surface area contributed by atoms with Crippen molar-refractivity contribution in [3.05, 3.63) is 11.6 Å². The van der Waals surface area contributed by atoms with Gasteiger partial charge in [-0.3, -0.25) is 4.79 Å². The number of hydrogen-bond acceptors (Lipinski definition) is 11. The molecule has 7 rings (SSSR count). The lowest BCUT2D eigenvalue weighted by Crippen LogP contribution is -2.75. The molecule has 4 aliphatic carbocycles. The molecule has 4 N–H and O–H groups in total. The number of aliphatic hydroxyl groups is 4. The average Bonchev–Trinajstić information content (AvgIpc) is 3.46. The highest BCUT2D eigenvalue weighted by molar-refractivity contribution is 5.90. The normalized spacial score (nSPS) is 58.0. The van der Waals surface area contributed by atoms with E-state index in [9.17, 15) is 30.0 Å². The van der Waals surface area contributed by atoms with E-state index in [4.69, 9.17) is 23.7 Å². The van der Waals surface area contributed by atoms with E-state index >= 15 is 0 Å². The first-order valence-corrected chi connectivity index (χ1v) is 15.0. The molecule has 0 bridgehead atoms. The first-order valence-electron chi connectivity index (χ1n) is 15.0. The van der Waals surface area contributed by atoms with Gasteiger partial charge < -0.3 is 44.1 Å². The standard InChI is InChI=1S/C30H42O11/c1-13-22(32)25(37-4)30(36)26(39-13)40-18-10-15-5-6-17-21(27(15,2)11-19(18)41-30)23(33)24(34)28(3)16(7-8-29(17,28)35)14-9-20(31)38-12-14/h9,13,15-19,21-22,24-26,32,34-36H,5-8,10-12H2,1-4H3/t13-,15-,16-,17-,18-,19-,21-,22+,24-,25-,26+,27+,28+,29+,30+/m1/s1. The maximum atomic E-state index is 14.3. The highest BCUT2D eigenvalue weighted by Gasteiger charge is 2.75. The van der Waals surface area contributed by atoms with Crippen LogP contribution >= 0.6 is 0 Å². The van der Waals surface area contributed by atoms with Crippen LogP contribution in [0.4, 0.5) is 0 Å². The maximum Gasteiger partial charge on any atom is 0.331 e. The van der Waals surface area contributed by atoms with Crippen molar-refractivity contribution in [2.75, 3.05) is 13.7 Å². The van der Waals surface area contributed by atoms with Gasteiger partial charge in [-0.15, -0.1) is 0 Å². The number of carbonyl (C=O) groups excluding carboxylic acids is 2. The van der Waals surface area contributed by atoms with Gasteiger partial charge in [0, 0.05) is 24.5 Å². The highest BCUT2D eigenvalue weighted by Crippen LogP contribution is 2.69. The van der Waals surface area contributed by atoms with Crippen molar-refractivity contribution in [2.24, 2.45) is 34.5 Å². The molecule has 0 radical (unpaired) electrons. The number of esters is 1. The zero-order valence-corrected chi connectivity index (χ0v) is 24.0. The lowest BCUT2D eigenvalue weighted by Gasteiger charge is -2.65. The number of ketones is 1. The second-order valence-corrected chi connectivity index (χ2v) is 14.1. The zero-order chi connectivity index (χ0) is 29.3. The van der Waals surface area contributed by atoms with Crippen molar-refractivity contribution < 1.29 is 53.7 Å². The minimum atomic E-state index is -2.04. The third-order valence-corrected chi connectivity index (χ3v) is 12.6. The summed E-state index contributed by atoms with van der Waals surface area (Å²) in [5.41, 5.74) is -2.36. The van der Waals surface area contributed by atoms with E-state index in [1.807, 2.05) is 6.92 Å². The molecule has 0 aromatic rings. The van der Waals surface area contributed by atoms with Gasteiger partial charge in [0.2, 0.25) is 12.1 Å². The fraction of sp³-hybridized carbons (Fsp3) is 0.867. The van der Waals surface area contributed by atoms with E-state index in [0.717, 1.165) is 12.0 Å². The van der Waals surface area contributed by atoms with E-state index in [0.29, 0.717) is 32.1 Å². The summed E-state index contributed by atoms with van der Waals surface area (Å²) in [7, 11) is 1.39. The molecule has 2 saturated heterocycles. The van der Waals surface area contributed by atoms with Gasteiger partial charge in [0.25, 0.3) is 0 Å². The van der Waals surface area contributed by atoms with Crippen LogP contribution in [0.2, 0.25) is 0 Å². The number of ether oxygens (including phenoxy) is 5. The Balaban J connectivity index is 1.21. The molecular weight excluding hydrogens is 536 g/mol. The van der Waals surface area contributed by atoms with Gasteiger partial charge in [0.15, 0.2) is 5.78 Å². The molecule has 0 amide bonds. The van der Waals surface area contributed by atoms with E-state index in [-0.39, 0.29) is 30.1 Å². The van der Waals surface area contributed by atoms with Crippen LogP contribution in [0.25, 0.3) is 0 Å². The Labute approximate surface area is 239 Å². The number of Topliss-reactive ketones (excluding diaryl/α,β-unsaturated/α-hetero) is 1. The molecule has 11 nitrogen and oxygen atoms in total. The van der Waals surface area contributed by atoms with Gasteiger partial charge in [0.05, 0.1) is 23.9 Å². The van der Waals surface area contributed by atoms with Crippen LogP contribution in [0, 0.1) is 34.5 Å². The Hall–Kier alpha value is -1.44. The summed E-state index contributed by atoms with van der Waals surface area (Å²) >= 11 is 0. The lowest BCUT2D eigenvalue weighted by molar-refractivity contribution is -0.470. The summed E-state index contributed by atoms with van der Waals surface area (Å²) < 4.78 is 29.0. The predicted molar refractivity (Wildman–Crippen MR) is 139 cm³/mol. The van der Waals surface area contributed by atoms with Crippen LogP contribution in [-0.2, 0) is 33.3 Å². The summed E-state index contributed by atoms with van der Waals surface area (Å²) in [6.45, 7) is 5.65. The average molecular weight is 579 g/mol. The molecular formula is C30H42O11.